The molecule has 0 bridgehead atoms. The van der Waals surface area contributed by atoms with Crippen LogP contribution in [0.25, 0.3) is 0 Å². The summed E-state index contributed by atoms with van der Waals surface area (Å²) in [6, 6.07) is 7.14. The monoisotopic (exact) mass is 241 g/mol. The van der Waals surface area contributed by atoms with E-state index in [2.05, 4.69) is 10.1 Å². The molecule has 1 aromatic heterocycles. The summed E-state index contributed by atoms with van der Waals surface area (Å²) in [5, 5.41) is 3.71. The number of aromatic nitrogens is 2. The van der Waals surface area contributed by atoms with Crippen LogP contribution in [0.2, 0.25) is 0 Å². The third-order valence-corrected chi connectivity index (χ3v) is 1.82. The molecule has 6 heteroatoms. The van der Waals surface area contributed by atoms with Crippen molar-refractivity contribution >= 4 is 18.1 Å². The third kappa shape index (κ3) is 3.13. The molecular weight excluding hydrogens is 230 g/mol. The molecule has 1 heterocycles. The molecule has 0 aliphatic rings. The van der Waals surface area contributed by atoms with Gasteiger partial charge in [0.1, 0.15) is 5.75 Å². The molecule has 0 aliphatic heterocycles. The number of hydrogen-bond acceptors (Lipinski definition) is 5. The minimum atomic E-state index is 0. The van der Waals surface area contributed by atoms with E-state index < -0.39 is 0 Å². The van der Waals surface area contributed by atoms with Gasteiger partial charge in [-0.1, -0.05) is 5.16 Å². The first-order valence-electron chi connectivity index (χ1n) is 4.51. The van der Waals surface area contributed by atoms with Gasteiger partial charge in [-0.3, -0.25) is 0 Å². The first kappa shape index (κ1) is 12.3. The van der Waals surface area contributed by atoms with Crippen LogP contribution in [0.15, 0.2) is 28.8 Å². The van der Waals surface area contributed by atoms with Gasteiger partial charge in [0.15, 0.2) is 6.61 Å². The highest BCUT2D eigenvalue weighted by Crippen LogP contribution is 2.14. The van der Waals surface area contributed by atoms with Gasteiger partial charge in [0.2, 0.25) is 11.7 Å². The lowest BCUT2D eigenvalue weighted by molar-refractivity contribution is 0.286. The highest BCUT2D eigenvalue weighted by molar-refractivity contribution is 5.85. The lowest BCUT2D eigenvalue weighted by atomic mass is 10.3. The van der Waals surface area contributed by atoms with Crippen LogP contribution in [-0.2, 0) is 6.61 Å². The van der Waals surface area contributed by atoms with Crippen LogP contribution < -0.4 is 10.5 Å². The number of rotatable bonds is 3. The standard InChI is InChI=1S/C10H11N3O2.ClH/c1-7-12-10(13-15-7)6-14-9-4-2-8(11)3-5-9;/h2-5H,6,11H2,1H3;1H. The Bertz CT molecular complexity index is 442. The number of ether oxygens (including phenoxy) is 1. The Morgan fingerprint density at radius 3 is 2.56 bits per heavy atom. The molecule has 0 radical (unpaired) electrons. The van der Waals surface area contributed by atoms with Crippen LogP contribution in [0, 0.1) is 6.92 Å². The molecule has 16 heavy (non-hydrogen) atoms. The predicted molar refractivity (Wildman–Crippen MR) is 61.5 cm³/mol. The van der Waals surface area contributed by atoms with Gasteiger partial charge in [-0.25, -0.2) is 0 Å². The normalized spacial score (nSPS) is 9.56. The Morgan fingerprint density at radius 2 is 2.00 bits per heavy atom. The van der Waals surface area contributed by atoms with Crippen LogP contribution in [0.5, 0.6) is 5.75 Å². The van der Waals surface area contributed by atoms with E-state index in [1.807, 2.05) is 0 Å². The molecular formula is C10H12ClN3O2. The van der Waals surface area contributed by atoms with Gasteiger partial charge in [-0.15, -0.1) is 12.4 Å². The number of halogens is 1. The zero-order valence-electron chi connectivity index (χ0n) is 8.71. The number of nitrogens with two attached hydrogens (primary N) is 1. The SMILES string of the molecule is Cc1nc(COc2ccc(N)cc2)no1.Cl. The summed E-state index contributed by atoms with van der Waals surface area (Å²) in [6.07, 6.45) is 0. The van der Waals surface area contributed by atoms with Crippen molar-refractivity contribution in [3.8, 4) is 5.75 Å². The molecule has 2 N–H and O–H groups in total. The fourth-order valence-electron chi connectivity index (χ4n) is 1.11. The topological polar surface area (TPSA) is 74.2 Å². The maximum atomic E-state index is 5.54. The van der Waals surface area contributed by atoms with E-state index in [-0.39, 0.29) is 12.4 Å². The van der Waals surface area contributed by atoms with Crippen molar-refractivity contribution in [2.75, 3.05) is 5.73 Å². The van der Waals surface area contributed by atoms with E-state index >= 15 is 0 Å². The van der Waals surface area contributed by atoms with E-state index in [4.69, 9.17) is 15.0 Å². The summed E-state index contributed by atoms with van der Waals surface area (Å²) in [7, 11) is 0. The van der Waals surface area contributed by atoms with Crippen molar-refractivity contribution in [3.63, 3.8) is 0 Å². The molecule has 0 saturated heterocycles. The molecule has 0 atom stereocenters. The minimum absolute atomic E-state index is 0. The van der Waals surface area contributed by atoms with Crippen LogP contribution in [0.1, 0.15) is 11.7 Å². The Balaban J connectivity index is 0.00000128. The highest BCUT2D eigenvalue weighted by Gasteiger charge is 2.02. The quantitative estimate of drug-likeness (QED) is 0.832. The van der Waals surface area contributed by atoms with Gasteiger partial charge in [0.05, 0.1) is 0 Å². The van der Waals surface area contributed by atoms with Crippen molar-refractivity contribution in [3.05, 3.63) is 36.0 Å². The molecule has 5 nitrogen and oxygen atoms in total. The minimum Gasteiger partial charge on any atom is -0.485 e. The molecule has 2 rings (SSSR count). The molecule has 0 saturated carbocycles. The first-order chi connectivity index (χ1) is 7.24. The van der Waals surface area contributed by atoms with Crippen LogP contribution >= 0.6 is 12.4 Å². The van der Waals surface area contributed by atoms with Gasteiger partial charge < -0.3 is 15.0 Å². The smallest absolute Gasteiger partial charge is 0.223 e. The van der Waals surface area contributed by atoms with Crippen LogP contribution in [-0.4, -0.2) is 10.1 Å². The van der Waals surface area contributed by atoms with Crippen LogP contribution in [0.3, 0.4) is 0 Å². The zero-order valence-corrected chi connectivity index (χ0v) is 9.53. The summed E-state index contributed by atoms with van der Waals surface area (Å²) < 4.78 is 10.2. The predicted octanol–water partition coefficient (Wildman–Crippen LogP) is 1.96. The fourth-order valence-corrected chi connectivity index (χ4v) is 1.11. The van der Waals surface area contributed by atoms with E-state index in [0.717, 1.165) is 5.75 Å². The molecule has 0 amide bonds. The number of anilines is 1. The second kappa shape index (κ2) is 5.37. The van der Waals surface area contributed by atoms with Gasteiger partial charge in [-0.2, -0.15) is 4.98 Å². The van der Waals surface area contributed by atoms with Gasteiger partial charge in [-0.05, 0) is 24.3 Å². The fraction of sp³-hybridized carbons (Fsp3) is 0.200. The molecule has 0 spiro atoms. The van der Waals surface area contributed by atoms with Crippen molar-refractivity contribution in [2.45, 2.75) is 13.5 Å². The van der Waals surface area contributed by atoms with E-state index in [1.165, 1.54) is 0 Å². The summed E-state index contributed by atoms with van der Waals surface area (Å²) >= 11 is 0. The average molecular weight is 242 g/mol. The lowest BCUT2D eigenvalue weighted by Gasteiger charge is -2.02. The Hall–Kier alpha value is -1.75. The average Bonchev–Trinajstić information content (AvgIpc) is 2.64. The van der Waals surface area contributed by atoms with Crippen molar-refractivity contribution in [1.82, 2.24) is 10.1 Å². The Morgan fingerprint density at radius 1 is 1.31 bits per heavy atom. The lowest BCUT2D eigenvalue weighted by Crippen LogP contribution is -1.97. The van der Waals surface area contributed by atoms with Gasteiger partial charge in [0.25, 0.3) is 0 Å². The van der Waals surface area contributed by atoms with E-state index in [1.54, 1.807) is 31.2 Å². The number of aryl methyl sites for hydroxylation is 1. The summed E-state index contributed by atoms with van der Waals surface area (Å²) in [5.41, 5.74) is 6.25. The molecule has 1 aromatic carbocycles. The summed E-state index contributed by atoms with van der Waals surface area (Å²) in [6.45, 7) is 2.03. The molecule has 86 valence electrons. The Labute approximate surface area is 99.0 Å². The van der Waals surface area contributed by atoms with Crippen LogP contribution in [0.4, 0.5) is 5.69 Å². The van der Waals surface area contributed by atoms with Crippen molar-refractivity contribution in [1.29, 1.82) is 0 Å². The largest absolute Gasteiger partial charge is 0.485 e. The van der Waals surface area contributed by atoms with E-state index in [9.17, 15) is 0 Å². The first-order valence-corrected chi connectivity index (χ1v) is 4.51. The second-order valence-electron chi connectivity index (χ2n) is 3.09. The number of nitrogen functional groups attached to an aromatic ring is 1. The maximum absolute atomic E-state index is 5.54. The zero-order chi connectivity index (χ0) is 10.7. The number of nitrogens with zero attached hydrogens (tertiary/aromatic N) is 2. The second-order valence-corrected chi connectivity index (χ2v) is 3.09. The number of benzene rings is 1. The molecule has 2 aromatic rings. The summed E-state index contributed by atoms with van der Waals surface area (Å²) in [4.78, 5) is 4.02. The third-order valence-electron chi connectivity index (χ3n) is 1.82. The van der Waals surface area contributed by atoms with Crippen molar-refractivity contribution < 1.29 is 9.26 Å². The molecule has 0 fully saturated rings. The molecule has 0 unspecified atom stereocenters. The van der Waals surface area contributed by atoms with Gasteiger partial charge in [0, 0.05) is 12.6 Å². The maximum Gasteiger partial charge on any atom is 0.223 e. The number of hydrogen-bond donors (Lipinski definition) is 1. The Kier molecular flexibility index (Phi) is 4.13. The van der Waals surface area contributed by atoms with Gasteiger partial charge >= 0.3 is 0 Å². The van der Waals surface area contributed by atoms with E-state index in [0.29, 0.717) is 24.0 Å². The summed E-state index contributed by atoms with van der Waals surface area (Å²) in [5.74, 6) is 1.79. The highest BCUT2D eigenvalue weighted by atomic mass is 35.5. The van der Waals surface area contributed by atoms with Crippen molar-refractivity contribution in [2.24, 2.45) is 0 Å². The molecule has 0 aliphatic carbocycles.